The molecule has 0 saturated carbocycles. The predicted molar refractivity (Wildman–Crippen MR) is 126 cm³/mol. The summed E-state index contributed by atoms with van der Waals surface area (Å²) in [5.74, 6) is -3.14. The molecule has 2 aromatic rings. The summed E-state index contributed by atoms with van der Waals surface area (Å²) < 4.78 is 60.7. The van der Waals surface area contributed by atoms with Gasteiger partial charge in [-0.3, -0.25) is 0 Å². The summed E-state index contributed by atoms with van der Waals surface area (Å²) in [5.41, 5.74) is 6.19. The average Bonchev–Trinajstić information content (AvgIpc) is 3.26. The van der Waals surface area contributed by atoms with Gasteiger partial charge in [0.2, 0.25) is 0 Å². The van der Waals surface area contributed by atoms with Crippen molar-refractivity contribution in [1.82, 2.24) is 4.98 Å². The van der Waals surface area contributed by atoms with Crippen LogP contribution >= 0.6 is 0 Å². The Morgan fingerprint density at radius 3 is 2.64 bits per heavy atom. The number of nitrogens with two attached hydrogens (primary N) is 1. The molecule has 192 valence electrons. The molecule has 5 rings (SSSR count). The van der Waals surface area contributed by atoms with Crippen molar-refractivity contribution in [3.05, 3.63) is 52.9 Å². The molecule has 2 saturated heterocycles. The first kappa shape index (κ1) is 24.5. The van der Waals surface area contributed by atoms with Crippen molar-refractivity contribution in [1.29, 1.82) is 0 Å². The average molecular weight is 505 g/mol. The number of esters is 1. The second kappa shape index (κ2) is 9.72. The first-order valence-corrected chi connectivity index (χ1v) is 11.9. The van der Waals surface area contributed by atoms with Gasteiger partial charge in [0.15, 0.2) is 17.4 Å². The number of halogens is 3. The van der Waals surface area contributed by atoms with Crippen LogP contribution in [0.3, 0.4) is 0 Å². The zero-order chi connectivity index (χ0) is 25.4. The number of pyridine rings is 1. The number of hydrogen-bond donors (Lipinski definition) is 1. The number of carbonyl (C=O) groups excluding carboxylic acids is 1. The van der Waals surface area contributed by atoms with Gasteiger partial charge in [-0.15, -0.1) is 0 Å². The molecule has 11 heteroatoms. The lowest BCUT2D eigenvalue weighted by molar-refractivity contribution is -0.179. The number of piperidine rings is 1. The van der Waals surface area contributed by atoms with Gasteiger partial charge >= 0.3 is 5.97 Å². The first-order valence-electron chi connectivity index (χ1n) is 11.9. The van der Waals surface area contributed by atoms with E-state index in [0.717, 1.165) is 12.1 Å². The minimum Gasteiger partial charge on any atom is -0.463 e. The molecule has 1 spiro atoms. The Kier molecular flexibility index (Phi) is 6.62. The quantitative estimate of drug-likeness (QED) is 0.621. The van der Waals surface area contributed by atoms with Crippen molar-refractivity contribution < 1.29 is 32.2 Å². The smallest absolute Gasteiger partial charge is 0.335 e. The molecule has 1 aromatic carbocycles. The molecule has 0 bridgehead atoms. The van der Waals surface area contributed by atoms with Crippen molar-refractivity contribution >= 4 is 29.4 Å². The summed E-state index contributed by atoms with van der Waals surface area (Å²) in [7, 11) is 0. The predicted octanol–water partition coefficient (Wildman–Crippen LogP) is 3.27. The van der Waals surface area contributed by atoms with E-state index in [1.54, 1.807) is 11.8 Å². The third kappa shape index (κ3) is 4.54. The van der Waals surface area contributed by atoms with Crippen LogP contribution in [0.1, 0.15) is 25.3 Å². The molecule has 0 amide bonds. The summed E-state index contributed by atoms with van der Waals surface area (Å²) in [4.78, 5) is 20.2. The number of carbonyl (C=O) groups is 1. The van der Waals surface area contributed by atoms with E-state index in [0.29, 0.717) is 39.1 Å². The normalized spacial score (nSPS) is 20.9. The maximum Gasteiger partial charge on any atom is 0.335 e. The van der Waals surface area contributed by atoms with Crippen LogP contribution in [0, 0.1) is 17.5 Å². The molecule has 1 aromatic heterocycles. The van der Waals surface area contributed by atoms with Crippen molar-refractivity contribution in [3.63, 3.8) is 0 Å². The summed E-state index contributed by atoms with van der Waals surface area (Å²) in [6.07, 6.45) is 2.34. The number of rotatable bonds is 5. The highest BCUT2D eigenvalue weighted by atomic mass is 19.1. The SMILES string of the molecule is CCOC(=O)C1=Cc2cc(F)c(N3CCC4(CC3)OCC(CN)O4)nc2N(c2ccc(F)cc2F)C1. The van der Waals surface area contributed by atoms with E-state index < -0.39 is 29.2 Å². The monoisotopic (exact) mass is 504 g/mol. The van der Waals surface area contributed by atoms with Crippen molar-refractivity contribution in [2.75, 3.05) is 49.2 Å². The molecule has 36 heavy (non-hydrogen) atoms. The summed E-state index contributed by atoms with van der Waals surface area (Å²) >= 11 is 0. The Bertz CT molecular complexity index is 1200. The topological polar surface area (TPSA) is 90.1 Å². The molecule has 0 radical (unpaired) electrons. The fourth-order valence-corrected chi connectivity index (χ4v) is 4.81. The van der Waals surface area contributed by atoms with E-state index in [-0.39, 0.29) is 47.7 Å². The fourth-order valence-electron chi connectivity index (χ4n) is 4.81. The summed E-state index contributed by atoms with van der Waals surface area (Å²) in [6, 6.07) is 4.40. The van der Waals surface area contributed by atoms with E-state index in [9.17, 15) is 13.6 Å². The van der Waals surface area contributed by atoms with Gasteiger partial charge in [0, 0.05) is 44.1 Å². The number of ether oxygens (including phenoxy) is 3. The minimum absolute atomic E-state index is 0.00999. The van der Waals surface area contributed by atoms with E-state index >= 15 is 4.39 Å². The molecular formula is C25H27F3N4O4. The Morgan fingerprint density at radius 1 is 1.19 bits per heavy atom. The van der Waals surface area contributed by atoms with Crippen molar-refractivity contribution in [2.24, 2.45) is 5.73 Å². The number of benzene rings is 1. The van der Waals surface area contributed by atoms with Gasteiger partial charge < -0.3 is 29.7 Å². The Balaban J connectivity index is 1.49. The molecule has 3 aliphatic rings. The van der Waals surface area contributed by atoms with E-state index in [1.807, 2.05) is 0 Å². The zero-order valence-electron chi connectivity index (χ0n) is 19.8. The van der Waals surface area contributed by atoms with Crippen molar-refractivity contribution in [3.8, 4) is 0 Å². The number of fused-ring (bicyclic) bond motifs is 1. The molecule has 1 unspecified atom stereocenters. The molecule has 2 N–H and O–H groups in total. The van der Waals surface area contributed by atoms with E-state index in [1.165, 1.54) is 23.1 Å². The van der Waals surface area contributed by atoms with E-state index in [4.69, 9.17) is 19.9 Å². The van der Waals surface area contributed by atoms with E-state index in [2.05, 4.69) is 4.98 Å². The van der Waals surface area contributed by atoms with Crippen LogP contribution in [0.4, 0.5) is 30.5 Å². The molecule has 3 aliphatic heterocycles. The van der Waals surface area contributed by atoms with Gasteiger partial charge in [0.05, 0.1) is 37.1 Å². The highest BCUT2D eigenvalue weighted by Gasteiger charge is 2.44. The lowest BCUT2D eigenvalue weighted by Gasteiger charge is -2.39. The van der Waals surface area contributed by atoms with Crippen LogP contribution in [-0.4, -0.2) is 62.2 Å². The molecule has 2 fully saturated rings. The van der Waals surface area contributed by atoms with Crippen LogP contribution in [0.25, 0.3) is 6.08 Å². The van der Waals surface area contributed by atoms with Crippen molar-refractivity contribution in [2.45, 2.75) is 31.7 Å². The van der Waals surface area contributed by atoms with Crippen LogP contribution in [0.2, 0.25) is 0 Å². The maximum absolute atomic E-state index is 15.3. The van der Waals surface area contributed by atoms with Crippen LogP contribution < -0.4 is 15.5 Å². The lowest BCUT2D eigenvalue weighted by Crippen LogP contribution is -2.46. The van der Waals surface area contributed by atoms with Gasteiger partial charge in [0.1, 0.15) is 17.5 Å². The third-order valence-electron chi connectivity index (χ3n) is 6.62. The van der Waals surface area contributed by atoms with Gasteiger partial charge in [-0.05, 0) is 31.2 Å². The Hall–Kier alpha value is -3.15. The second-order valence-corrected chi connectivity index (χ2v) is 8.96. The zero-order valence-corrected chi connectivity index (χ0v) is 19.8. The first-order chi connectivity index (χ1) is 17.3. The number of aromatic nitrogens is 1. The maximum atomic E-state index is 15.3. The number of nitrogens with zero attached hydrogens (tertiary/aromatic N) is 3. The fraction of sp³-hybridized carbons (Fsp3) is 0.440. The molecule has 4 heterocycles. The minimum atomic E-state index is -0.830. The standard InChI is InChI=1S/C25H27F3N4O4/c1-2-34-24(33)16-9-15-10-20(28)23(31-7-5-25(6-8-31)35-14-18(12-29)36-25)30-22(15)32(13-16)21-4-3-17(26)11-19(21)27/h3-4,9-11,18H,2,5-8,12-14,29H2,1H3. The highest BCUT2D eigenvalue weighted by molar-refractivity contribution is 5.98. The number of hydrogen-bond acceptors (Lipinski definition) is 8. The molecule has 1 atom stereocenters. The van der Waals surface area contributed by atoms with Gasteiger partial charge in [-0.1, -0.05) is 0 Å². The number of anilines is 3. The van der Waals surface area contributed by atoms with Gasteiger partial charge in [-0.25, -0.2) is 22.9 Å². The highest BCUT2D eigenvalue weighted by Crippen LogP contribution is 2.40. The van der Waals surface area contributed by atoms with Gasteiger partial charge in [0.25, 0.3) is 0 Å². The van der Waals surface area contributed by atoms with Crippen LogP contribution in [-0.2, 0) is 19.0 Å². The molecule has 0 aliphatic carbocycles. The molecule has 8 nitrogen and oxygen atoms in total. The van der Waals surface area contributed by atoms with Gasteiger partial charge in [-0.2, -0.15) is 0 Å². The Labute approximate surface area is 206 Å². The summed E-state index contributed by atoms with van der Waals surface area (Å²) in [5, 5.41) is 0. The van der Waals surface area contributed by atoms with Crippen LogP contribution in [0.5, 0.6) is 0 Å². The third-order valence-corrected chi connectivity index (χ3v) is 6.62. The molecular weight excluding hydrogens is 477 g/mol. The summed E-state index contributed by atoms with van der Waals surface area (Å²) in [6.45, 7) is 3.39. The second-order valence-electron chi connectivity index (χ2n) is 8.96. The van der Waals surface area contributed by atoms with Crippen LogP contribution in [0.15, 0.2) is 29.8 Å². The lowest BCUT2D eigenvalue weighted by atomic mass is 10.0. The Morgan fingerprint density at radius 2 is 1.97 bits per heavy atom. The largest absolute Gasteiger partial charge is 0.463 e.